The Bertz CT molecular complexity index is 511. The molecule has 0 radical (unpaired) electrons. The third-order valence-electron chi connectivity index (χ3n) is 3.80. The van der Waals surface area contributed by atoms with Crippen molar-refractivity contribution in [3.63, 3.8) is 0 Å². The number of alkyl halides is 3. The third kappa shape index (κ3) is 4.79. The molecular weight excluding hydrogens is 356 g/mol. The van der Waals surface area contributed by atoms with Crippen LogP contribution < -0.4 is 14.8 Å². The molecule has 2 heterocycles. The van der Waals surface area contributed by atoms with Gasteiger partial charge in [0.15, 0.2) is 11.5 Å². The van der Waals surface area contributed by atoms with Crippen LogP contribution in [-0.2, 0) is 0 Å². The number of nitrogens with zero attached hydrogens (tertiary/aromatic N) is 1. The highest BCUT2D eigenvalue weighted by atomic mass is 35.5. The van der Waals surface area contributed by atoms with Gasteiger partial charge < -0.3 is 14.8 Å². The van der Waals surface area contributed by atoms with E-state index in [2.05, 4.69) is 5.32 Å². The second kappa shape index (κ2) is 8.28. The van der Waals surface area contributed by atoms with Crippen molar-refractivity contribution in [2.45, 2.75) is 18.6 Å². The van der Waals surface area contributed by atoms with Gasteiger partial charge in [-0.1, -0.05) is 12.1 Å². The van der Waals surface area contributed by atoms with E-state index in [0.29, 0.717) is 43.2 Å². The summed E-state index contributed by atoms with van der Waals surface area (Å²) in [6, 6.07) is 4.40. The smallest absolute Gasteiger partial charge is 0.390 e. The first-order valence-electron chi connectivity index (χ1n) is 6.94. The van der Waals surface area contributed by atoms with E-state index < -0.39 is 18.6 Å². The standard InChI is InChI=1S/C14H17F3N2O2.2ClH/c15-14(16,17)8-11(19-6-4-18-5-7-19)10-2-1-3-12-13(10)21-9-20-12;;/h1-3,11,18H,4-9H2;2*1H/t11-;;/m0../s1. The molecule has 1 fully saturated rings. The number of piperazine rings is 1. The Labute approximate surface area is 145 Å². The molecular formula is C14H19Cl2F3N2O2. The summed E-state index contributed by atoms with van der Waals surface area (Å²) < 4.78 is 49.6. The molecule has 0 amide bonds. The van der Waals surface area contributed by atoms with E-state index in [4.69, 9.17) is 9.47 Å². The Morgan fingerprint density at radius 1 is 1.13 bits per heavy atom. The molecule has 2 aliphatic rings. The van der Waals surface area contributed by atoms with Crippen LogP contribution in [0, 0.1) is 0 Å². The second-order valence-electron chi connectivity index (χ2n) is 5.20. The van der Waals surface area contributed by atoms with Gasteiger partial charge in [-0.25, -0.2) is 0 Å². The molecule has 1 aromatic carbocycles. The average Bonchev–Trinajstić information content (AvgIpc) is 2.93. The average molecular weight is 375 g/mol. The predicted molar refractivity (Wildman–Crippen MR) is 84.9 cm³/mol. The Morgan fingerprint density at radius 2 is 1.83 bits per heavy atom. The van der Waals surface area contributed by atoms with Gasteiger partial charge >= 0.3 is 6.18 Å². The molecule has 0 spiro atoms. The molecule has 0 unspecified atom stereocenters. The van der Waals surface area contributed by atoms with Gasteiger partial charge in [0, 0.05) is 37.8 Å². The van der Waals surface area contributed by atoms with Crippen molar-refractivity contribution in [3.8, 4) is 11.5 Å². The summed E-state index contributed by atoms with van der Waals surface area (Å²) >= 11 is 0. The fraction of sp³-hybridized carbons (Fsp3) is 0.571. The zero-order valence-electron chi connectivity index (χ0n) is 12.3. The lowest BCUT2D eigenvalue weighted by atomic mass is 9.99. The van der Waals surface area contributed by atoms with E-state index in [1.165, 1.54) is 0 Å². The van der Waals surface area contributed by atoms with Gasteiger partial charge in [-0.3, -0.25) is 4.90 Å². The van der Waals surface area contributed by atoms with Crippen molar-refractivity contribution in [1.82, 2.24) is 10.2 Å². The van der Waals surface area contributed by atoms with Gasteiger partial charge in [0.1, 0.15) is 0 Å². The molecule has 132 valence electrons. The number of hydrogen-bond acceptors (Lipinski definition) is 4. The quantitative estimate of drug-likeness (QED) is 0.880. The molecule has 1 N–H and O–H groups in total. The van der Waals surface area contributed by atoms with Crippen LogP contribution in [0.4, 0.5) is 13.2 Å². The van der Waals surface area contributed by atoms with Crippen LogP contribution in [0.5, 0.6) is 11.5 Å². The number of nitrogens with one attached hydrogen (secondary N) is 1. The highest BCUT2D eigenvalue weighted by Gasteiger charge is 2.38. The molecule has 9 heteroatoms. The third-order valence-corrected chi connectivity index (χ3v) is 3.80. The lowest BCUT2D eigenvalue weighted by Crippen LogP contribution is -2.46. The number of fused-ring (bicyclic) bond motifs is 1. The van der Waals surface area contributed by atoms with E-state index in [-0.39, 0.29) is 31.6 Å². The number of benzene rings is 1. The van der Waals surface area contributed by atoms with E-state index in [0.717, 1.165) is 0 Å². The first-order valence-corrected chi connectivity index (χ1v) is 6.94. The summed E-state index contributed by atoms with van der Waals surface area (Å²) in [4.78, 5) is 1.86. The van der Waals surface area contributed by atoms with Crippen LogP contribution >= 0.6 is 24.8 Å². The normalized spacial score (nSPS) is 18.7. The van der Waals surface area contributed by atoms with Gasteiger partial charge in [-0.2, -0.15) is 13.2 Å². The fourth-order valence-electron chi connectivity index (χ4n) is 2.86. The SMILES string of the molecule is Cl.Cl.FC(F)(F)C[C@@H](c1cccc2c1OCO2)N1CCNCC1. The summed E-state index contributed by atoms with van der Waals surface area (Å²) in [6.07, 6.45) is -5.11. The molecule has 0 aromatic heterocycles. The van der Waals surface area contributed by atoms with Crippen LogP contribution in [0.3, 0.4) is 0 Å². The van der Waals surface area contributed by atoms with Gasteiger partial charge in [0.05, 0.1) is 6.42 Å². The number of rotatable bonds is 3. The van der Waals surface area contributed by atoms with Gasteiger partial charge in [-0.05, 0) is 6.07 Å². The van der Waals surface area contributed by atoms with Crippen molar-refractivity contribution in [2.75, 3.05) is 33.0 Å². The van der Waals surface area contributed by atoms with Crippen LogP contribution in [0.15, 0.2) is 18.2 Å². The topological polar surface area (TPSA) is 33.7 Å². The lowest BCUT2D eigenvalue weighted by molar-refractivity contribution is -0.148. The molecule has 0 bridgehead atoms. The van der Waals surface area contributed by atoms with E-state index in [1.807, 2.05) is 4.90 Å². The van der Waals surface area contributed by atoms with Crippen LogP contribution in [0.1, 0.15) is 18.0 Å². The number of ether oxygens (including phenoxy) is 2. The highest BCUT2D eigenvalue weighted by Crippen LogP contribution is 2.43. The molecule has 3 rings (SSSR count). The maximum absolute atomic E-state index is 13.0. The Balaban J connectivity index is 0.00000132. The van der Waals surface area contributed by atoms with E-state index in [9.17, 15) is 13.2 Å². The summed E-state index contributed by atoms with van der Waals surface area (Å²) in [5.41, 5.74) is 0.559. The van der Waals surface area contributed by atoms with Crippen molar-refractivity contribution in [1.29, 1.82) is 0 Å². The Kier molecular flexibility index (Phi) is 7.26. The molecule has 1 atom stereocenters. The monoisotopic (exact) mass is 374 g/mol. The molecule has 2 aliphatic heterocycles. The molecule has 23 heavy (non-hydrogen) atoms. The van der Waals surface area contributed by atoms with E-state index >= 15 is 0 Å². The van der Waals surface area contributed by atoms with Gasteiger partial charge in [-0.15, -0.1) is 24.8 Å². The summed E-state index contributed by atoms with van der Waals surface area (Å²) in [5, 5.41) is 3.16. The zero-order valence-corrected chi connectivity index (χ0v) is 13.9. The summed E-state index contributed by atoms with van der Waals surface area (Å²) in [7, 11) is 0. The highest BCUT2D eigenvalue weighted by molar-refractivity contribution is 5.85. The van der Waals surface area contributed by atoms with Crippen molar-refractivity contribution in [3.05, 3.63) is 23.8 Å². The minimum atomic E-state index is -4.22. The summed E-state index contributed by atoms with van der Waals surface area (Å²) in [6.45, 7) is 2.63. The van der Waals surface area contributed by atoms with Crippen molar-refractivity contribution >= 4 is 24.8 Å². The number of hydrogen-bond donors (Lipinski definition) is 1. The Hall–Kier alpha value is -0.890. The van der Waals surface area contributed by atoms with Crippen molar-refractivity contribution in [2.24, 2.45) is 0 Å². The maximum atomic E-state index is 13.0. The largest absolute Gasteiger partial charge is 0.454 e. The molecule has 0 saturated carbocycles. The molecule has 4 nitrogen and oxygen atoms in total. The van der Waals surface area contributed by atoms with Crippen LogP contribution in [0.2, 0.25) is 0 Å². The van der Waals surface area contributed by atoms with Crippen LogP contribution in [0.25, 0.3) is 0 Å². The lowest BCUT2D eigenvalue weighted by Gasteiger charge is -2.36. The minimum absolute atomic E-state index is 0. The first-order chi connectivity index (χ1) is 10.0. The Morgan fingerprint density at radius 3 is 2.48 bits per heavy atom. The van der Waals surface area contributed by atoms with E-state index in [1.54, 1.807) is 18.2 Å². The van der Waals surface area contributed by atoms with Gasteiger partial charge in [0.25, 0.3) is 0 Å². The summed E-state index contributed by atoms with van der Waals surface area (Å²) in [5.74, 6) is 0.972. The minimum Gasteiger partial charge on any atom is -0.454 e. The number of halogens is 5. The fourth-order valence-corrected chi connectivity index (χ4v) is 2.86. The maximum Gasteiger partial charge on any atom is 0.390 e. The zero-order chi connectivity index (χ0) is 14.9. The number of para-hydroxylation sites is 1. The molecule has 1 saturated heterocycles. The molecule has 0 aliphatic carbocycles. The van der Waals surface area contributed by atoms with Gasteiger partial charge in [0.2, 0.25) is 6.79 Å². The predicted octanol–water partition coefficient (Wildman–Crippen LogP) is 3.16. The van der Waals surface area contributed by atoms with Crippen LogP contribution in [-0.4, -0.2) is 44.0 Å². The van der Waals surface area contributed by atoms with Crippen molar-refractivity contribution < 1.29 is 22.6 Å². The first kappa shape index (κ1) is 20.2. The second-order valence-corrected chi connectivity index (χ2v) is 5.20. The molecule has 1 aromatic rings.